The molecule has 0 aliphatic rings. The van der Waals surface area contributed by atoms with Gasteiger partial charge in [-0.05, 0) is 26.0 Å². The summed E-state index contributed by atoms with van der Waals surface area (Å²) in [7, 11) is 1.57. The zero-order valence-corrected chi connectivity index (χ0v) is 17.0. The molecule has 1 atom stereocenters. The molecule has 1 N–H and O–H groups in total. The van der Waals surface area contributed by atoms with Crippen molar-refractivity contribution in [2.75, 3.05) is 13.7 Å². The van der Waals surface area contributed by atoms with Gasteiger partial charge in [0.05, 0.1) is 12.6 Å². The molecule has 0 spiro atoms. The van der Waals surface area contributed by atoms with Crippen LogP contribution >= 0.6 is 0 Å². The molecular weight excluding hydrogens is 360 g/mol. The van der Waals surface area contributed by atoms with Gasteiger partial charge in [-0.1, -0.05) is 48.9 Å². The maximum atomic E-state index is 12.4. The number of hydrogen-bond donors (Lipinski definition) is 1. The van der Waals surface area contributed by atoms with Crippen LogP contribution in [0, 0.1) is 0 Å². The molecule has 0 aliphatic carbocycles. The van der Waals surface area contributed by atoms with Crippen molar-refractivity contribution in [1.82, 2.24) is 9.30 Å². The lowest BCUT2D eigenvalue weighted by molar-refractivity contribution is 0.155. The number of benzene rings is 1. The first kappa shape index (κ1) is 23.0. The minimum atomic E-state index is -0.870. The van der Waals surface area contributed by atoms with Crippen LogP contribution in [0.15, 0.2) is 63.1 Å². The molecule has 152 valence electrons. The number of nitrogens with zero attached hydrogens (tertiary/aromatic N) is 2. The van der Waals surface area contributed by atoms with Gasteiger partial charge in [0, 0.05) is 12.5 Å². The van der Waals surface area contributed by atoms with E-state index in [1.807, 2.05) is 20.8 Å². The molecule has 0 bridgehead atoms. The highest BCUT2D eigenvalue weighted by Crippen LogP contribution is 2.27. The minimum Gasteiger partial charge on any atom is -0.448 e. The second-order valence-electron chi connectivity index (χ2n) is 5.58. The Kier molecular flexibility index (Phi) is 8.98. The lowest BCUT2D eigenvalue weighted by Crippen LogP contribution is -2.39. The van der Waals surface area contributed by atoms with Gasteiger partial charge in [-0.3, -0.25) is 9.36 Å². The van der Waals surface area contributed by atoms with Crippen LogP contribution in [0.4, 0.5) is 0 Å². The largest absolute Gasteiger partial charge is 0.448 e. The highest BCUT2D eigenvalue weighted by molar-refractivity contribution is 6.02. The van der Waals surface area contributed by atoms with E-state index >= 15 is 0 Å². The summed E-state index contributed by atoms with van der Waals surface area (Å²) in [5.74, 6) is 0. The van der Waals surface area contributed by atoms with E-state index in [1.54, 1.807) is 56.5 Å². The van der Waals surface area contributed by atoms with Crippen molar-refractivity contribution in [1.29, 1.82) is 0 Å². The van der Waals surface area contributed by atoms with Crippen LogP contribution in [0.25, 0.3) is 22.1 Å². The van der Waals surface area contributed by atoms with E-state index < -0.39 is 17.3 Å². The second kappa shape index (κ2) is 10.9. The Morgan fingerprint density at radius 2 is 1.89 bits per heavy atom. The third-order valence-corrected chi connectivity index (χ3v) is 3.67. The van der Waals surface area contributed by atoms with Gasteiger partial charge in [-0.2, -0.15) is 0 Å². The second-order valence-corrected chi connectivity index (χ2v) is 5.58. The van der Waals surface area contributed by atoms with Crippen molar-refractivity contribution >= 4 is 22.1 Å². The van der Waals surface area contributed by atoms with Gasteiger partial charge in [-0.15, -0.1) is 6.58 Å². The maximum absolute atomic E-state index is 12.4. The molecule has 7 heteroatoms. The monoisotopic (exact) mass is 388 g/mol. The fraction of sp³-hybridized carbons (Fsp3) is 0.333. The van der Waals surface area contributed by atoms with Crippen molar-refractivity contribution in [2.45, 2.75) is 33.7 Å². The normalized spacial score (nSPS) is 11.6. The summed E-state index contributed by atoms with van der Waals surface area (Å²) in [6, 6.07) is 6.63. The molecule has 7 nitrogen and oxygen atoms in total. The Bertz CT molecular complexity index is 1060. The standard InChI is InChI=1S/C16H16N2O5.C3H6.C2H6/c1-10(6-5-9-22-2)17-13-11-7-3-4-8-12(11)23-14(13)15(19)18(21)16(17)20;1-3-2;1-2/h3-8,10,21H,9H2,1-2H3;3H,1H2,2H3;1-2H3/b6-5-;;. The molecule has 3 rings (SSSR count). The Morgan fingerprint density at radius 1 is 1.29 bits per heavy atom. The summed E-state index contributed by atoms with van der Waals surface area (Å²) in [5, 5.41) is 10.4. The molecule has 28 heavy (non-hydrogen) atoms. The van der Waals surface area contributed by atoms with E-state index in [2.05, 4.69) is 6.58 Å². The molecule has 2 aromatic heterocycles. The number of fused-ring (bicyclic) bond motifs is 3. The molecule has 1 unspecified atom stereocenters. The third-order valence-electron chi connectivity index (χ3n) is 3.67. The summed E-state index contributed by atoms with van der Waals surface area (Å²) >= 11 is 0. The van der Waals surface area contributed by atoms with Gasteiger partial charge in [0.15, 0.2) is 0 Å². The fourth-order valence-corrected chi connectivity index (χ4v) is 2.61. The van der Waals surface area contributed by atoms with E-state index in [4.69, 9.17) is 9.15 Å². The van der Waals surface area contributed by atoms with Crippen molar-refractivity contribution in [3.05, 3.63) is 69.9 Å². The van der Waals surface area contributed by atoms with E-state index in [1.165, 1.54) is 4.57 Å². The van der Waals surface area contributed by atoms with E-state index in [0.29, 0.717) is 23.1 Å². The molecule has 2 heterocycles. The zero-order valence-electron chi connectivity index (χ0n) is 17.0. The lowest BCUT2D eigenvalue weighted by atomic mass is 10.2. The van der Waals surface area contributed by atoms with E-state index in [0.717, 1.165) is 0 Å². The van der Waals surface area contributed by atoms with Crippen LogP contribution in [0.1, 0.15) is 33.7 Å². The van der Waals surface area contributed by atoms with Gasteiger partial charge in [0.25, 0.3) is 0 Å². The van der Waals surface area contributed by atoms with Crippen molar-refractivity contribution in [3.8, 4) is 0 Å². The summed E-state index contributed by atoms with van der Waals surface area (Å²) in [6.07, 6.45) is 5.27. The highest BCUT2D eigenvalue weighted by Gasteiger charge is 2.21. The average molecular weight is 388 g/mol. The van der Waals surface area contributed by atoms with Crippen molar-refractivity contribution < 1.29 is 14.4 Å². The summed E-state index contributed by atoms with van der Waals surface area (Å²) in [4.78, 5) is 24.5. The Hall–Kier alpha value is -3.06. The van der Waals surface area contributed by atoms with Crippen molar-refractivity contribution in [3.63, 3.8) is 0 Å². The van der Waals surface area contributed by atoms with Crippen LogP contribution < -0.4 is 11.2 Å². The quantitative estimate of drug-likeness (QED) is 0.536. The smallest absolute Gasteiger partial charge is 0.365 e. The van der Waals surface area contributed by atoms with Gasteiger partial charge in [0.2, 0.25) is 5.58 Å². The molecule has 0 radical (unpaired) electrons. The van der Waals surface area contributed by atoms with Crippen LogP contribution in [0.2, 0.25) is 0 Å². The third kappa shape index (κ3) is 4.61. The van der Waals surface area contributed by atoms with E-state index in [9.17, 15) is 14.8 Å². The van der Waals surface area contributed by atoms with Crippen molar-refractivity contribution in [2.24, 2.45) is 0 Å². The summed E-state index contributed by atoms with van der Waals surface area (Å²) < 4.78 is 11.9. The van der Waals surface area contributed by atoms with E-state index in [-0.39, 0.29) is 10.3 Å². The SMILES string of the molecule is C=CC.CC.COC/C=C\C(C)n1c(=O)n(O)c(=O)c2oc3ccccc3c21. The number of allylic oxidation sites excluding steroid dienone is 2. The minimum absolute atomic E-state index is 0.0553. The average Bonchev–Trinajstić information content (AvgIpc) is 3.08. The highest BCUT2D eigenvalue weighted by atomic mass is 16.5. The molecular formula is C21H28N2O5. The summed E-state index contributed by atoms with van der Waals surface area (Å²) in [6.45, 7) is 11.4. The molecule has 0 aliphatic heterocycles. The maximum Gasteiger partial charge on any atom is 0.365 e. The number of ether oxygens (including phenoxy) is 1. The molecule has 0 fully saturated rings. The number of hydrogen-bond acceptors (Lipinski definition) is 5. The lowest BCUT2D eigenvalue weighted by Gasteiger charge is -2.13. The first-order chi connectivity index (χ1) is 13.5. The number of rotatable bonds is 4. The predicted molar refractivity (Wildman–Crippen MR) is 112 cm³/mol. The van der Waals surface area contributed by atoms with Gasteiger partial charge < -0.3 is 14.4 Å². The number of para-hydroxylation sites is 1. The van der Waals surface area contributed by atoms with Crippen LogP contribution in [0.5, 0.6) is 0 Å². The first-order valence-electron chi connectivity index (χ1n) is 9.08. The zero-order chi connectivity index (χ0) is 21.3. The fourth-order valence-electron chi connectivity index (χ4n) is 2.61. The molecule has 0 amide bonds. The van der Waals surface area contributed by atoms with Gasteiger partial charge >= 0.3 is 11.2 Å². The van der Waals surface area contributed by atoms with Crippen LogP contribution in [-0.4, -0.2) is 28.2 Å². The Balaban J connectivity index is 0.000000717. The van der Waals surface area contributed by atoms with Crippen LogP contribution in [0.3, 0.4) is 0 Å². The molecule has 1 aromatic carbocycles. The van der Waals surface area contributed by atoms with Gasteiger partial charge in [-0.25, -0.2) is 4.79 Å². The Labute approximate surface area is 163 Å². The predicted octanol–water partition coefficient (Wildman–Crippen LogP) is 4.13. The Morgan fingerprint density at radius 3 is 2.50 bits per heavy atom. The first-order valence-corrected chi connectivity index (χ1v) is 9.08. The number of furan rings is 1. The van der Waals surface area contributed by atoms with Gasteiger partial charge in [0.1, 0.15) is 11.1 Å². The molecule has 0 saturated carbocycles. The topological polar surface area (TPSA) is 86.6 Å². The number of methoxy groups -OCH3 is 1. The molecule has 3 aromatic rings. The molecule has 0 saturated heterocycles. The summed E-state index contributed by atoms with van der Waals surface area (Å²) in [5.41, 5.74) is -0.892. The number of aromatic nitrogens is 2. The van der Waals surface area contributed by atoms with Crippen LogP contribution in [-0.2, 0) is 4.74 Å².